The average Bonchev–Trinajstić information content (AvgIpc) is 3.35. The Morgan fingerprint density at radius 3 is 2.62 bits per heavy atom. The van der Waals surface area contributed by atoms with E-state index < -0.39 is 17.2 Å². The highest BCUT2D eigenvalue weighted by Crippen LogP contribution is 2.36. The van der Waals surface area contributed by atoms with E-state index in [1.54, 1.807) is 13.8 Å². The van der Waals surface area contributed by atoms with Gasteiger partial charge in [-0.05, 0) is 50.5 Å². The third-order valence-corrected chi connectivity index (χ3v) is 4.86. The van der Waals surface area contributed by atoms with E-state index in [1.807, 2.05) is 4.57 Å². The van der Waals surface area contributed by atoms with E-state index in [4.69, 9.17) is 12.2 Å². The van der Waals surface area contributed by atoms with Crippen molar-refractivity contribution in [1.29, 1.82) is 0 Å². The van der Waals surface area contributed by atoms with Gasteiger partial charge in [-0.15, -0.1) is 0 Å². The van der Waals surface area contributed by atoms with Gasteiger partial charge in [0.05, 0.1) is 17.5 Å². The maximum Gasteiger partial charge on any atom is 0.416 e. The molecule has 0 atom stereocenters. The molecule has 1 aliphatic rings. The van der Waals surface area contributed by atoms with Crippen LogP contribution in [0, 0.1) is 4.77 Å². The van der Waals surface area contributed by atoms with Crippen LogP contribution < -0.4 is 5.32 Å². The fourth-order valence-electron chi connectivity index (χ4n) is 2.77. The van der Waals surface area contributed by atoms with Gasteiger partial charge in [-0.25, -0.2) is 0 Å². The smallest absolute Gasteiger partial charge is 0.348 e. The number of carbonyl (C=O) groups excluding carboxylic acids is 1. The summed E-state index contributed by atoms with van der Waals surface area (Å²) < 4.78 is 41.2. The Hall–Kier alpha value is -2.16. The minimum atomic E-state index is -4.45. The van der Waals surface area contributed by atoms with Crippen LogP contribution in [0.5, 0.6) is 0 Å². The standard InChI is InChI=1S/C17H19F3N4OS/c1-16(2,10-4-3-5-11(8-10)17(18,19)20)14(25)21-9-13-22-23-15(26)24(13)12-6-7-12/h3-5,8,12H,6-7,9H2,1-2H3,(H,21,25)(H,23,26). The summed E-state index contributed by atoms with van der Waals surface area (Å²) in [5.74, 6) is 0.235. The van der Waals surface area contributed by atoms with E-state index in [0.717, 1.165) is 25.0 Å². The third-order valence-electron chi connectivity index (χ3n) is 4.58. The van der Waals surface area contributed by atoms with Crippen molar-refractivity contribution in [1.82, 2.24) is 20.1 Å². The number of amides is 1. The van der Waals surface area contributed by atoms with Crippen LogP contribution in [0.2, 0.25) is 0 Å². The Morgan fingerprint density at radius 2 is 2.00 bits per heavy atom. The number of rotatable bonds is 5. The number of H-pyrrole nitrogens is 1. The average molecular weight is 384 g/mol. The van der Waals surface area contributed by atoms with Crippen molar-refractivity contribution in [3.63, 3.8) is 0 Å². The molecular formula is C17H19F3N4OS. The fraction of sp³-hybridized carbons (Fsp3) is 0.471. The number of aromatic amines is 1. The molecule has 0 unspecified atom stereocenters. The highest BCUT2D eigenvalue weighted by Gasteiger charge is 2.35. The van der Waals surface area contributed by atoms with Crippen LogP contribution >= 0.6 is 12.2 Å². The number of benzene rings is 1. The summed E-state index contributed by atoms with van der Waals surface area (Å²) in [7, 11) is 0. The number of hydrogen-bond acceptors (Lipinski definition) is 3. The molecule has 1 aromatic heterocycles. The molecule has 26 heavy (non-hydrogen) atoms. The SMILES string of the molecule is CC(C)(C(=O)NCc1n[nH]c(=S)n1C1CC1)c1cccc(C(F)(F)F)c1. The lowest BCUT2D eigenvalue weighted by Crippen LogP contribution is -2.40. The monoisotopic (exact) mass is 384 g/mol. The van der Waals surface area contributed by atoms with E-state index >= 15 is 0 Å². The summed E-state index contributed by atoms with van der Waals surface area (Å²) in [6.45, 7) is 3.34. The molecule has 1 fully saturated rings. The molecule has 0 aliphatic heterocycles. The lowest BCUT2D eigenvalue weighted by molar-refractivity contribution is -0.138. The van der Waals surface area contributed by atoms with E-state index in [-0.39, 0.29) is 12.5 Å². The second-order valence-electron chi connectivity index (χ2n) is 6.93. The van der Waals surface area contributed by atoms with Gasteiger partial charge in [-0.1, -0.05) is 18.2 Å². The lowest BCUT2D eigenvalue weighted by Gasteiger charge is -2.25. The molecule has 1 heterocycles. The zero-order valence-electron chi connectivity index (χ0n) is 14.4. The summed E-state index contributed by atoms with van der Waals surface area (Å²) >= 11 is 5.19. The molecule has 0 saturated heterocycles. The molecule has 0 spiro atoms. The van der Waals surface area contributed by atoms with Gasteiger partial charge < -0.3 is 5.32 Å². The number of nitrogens with one attached hydrogen (secondary N) is 2. The Labute approximate surface area is 153 Å². The Morgan fingerprint density at radius 1 is 1.35 bits per heavy atom. The van der Waals surface area contributed by atoms with Crippen molar-refractivity contribution in [2.45, 2.75) is 50.9 Å². The van der Waals surface area contributed by atoms with Crippen LogP contribution in [0.15, 0.2) is 24.3 Å². The number of alkyl halides is 3. The molecule has 1 aromatic carbocycles. The molecule has 0 bridgehead atoms. The first-order valence-corrected chi connectivity index (χ1v) is 8.63. The van der Waals surface area contributed by atoms with Crippen molar-refractivity contribution in [2.75, 3.05) is 0 Å². The molecule has 2 N–H and O–H groups in total. The molecular weight excluding hydrogens is 365 g/mol. The van der Waals surface area contributed by atoms with Crippen molar-refractivity contribution >= 4 is 18.1 Å². The van der Waals surface area contributed by atoms with Crippen molar-refractivity contribution in [2.24, 2.45) is 0 Å². The van der Waals surface area contributed by atoms with Gasteiger partial charge in [-0.2, -0.15) is 18.3 Å². The molecule has 2 aromatic rings. The van der Waals surface area contributed by atoms with Crippen LogP contribution in [-0.4, -0.2) is 20.7 Å². The Bertz CT molecular complexity index is 881. The summed E-state index contributed by atoms with van der Waals surface area (Å²) in [6.07, 6.45) is -2.41. The maximum atomic E-state index is 12.9. The zero-order valence-corrected chi connectivity index (χ0v) is 15.2. The van der Waals surface area contributed by atoms with Crippen LogP contribution in [0.4, 0.5) is 13.2 Å². The van der Waals surface area contributed by atoms with Gasteiger partial charge in [0, 0.05) is 6.04 Å². The van der Waals surface area contributed by atoms with Crippen molar-refractivity contribution < 1.29 is 18.0 Å². The highest BCUT2D eigenvalue weighted by atomic mass is 32.1. The number of halogens is 3. The Kier molecular flexibility index (Phi) is 4.68. The number of carbonyl (C=O) groups is 1. The summed E-state index contributed by atoms with van der Waals surface area (Å²) in [5.41, 5.74) is -1.60. The van der Waals surface area contributed by atoms with Gasteiger partial charge in [-0.3, -0.25) is 14.5 Å². The zero-order chi connectivity index (χ0) is 19.1. The van der Waals surface area contributed by atoms with Gasteiger partial charge >= 0.3 is 6.18 Å². The predicted molar refractivity (Wildman–Crippen MR) is 92.0 cm³/mol. The minimum Gasteiger partial charge on any atom is -0.348 e. The van der Waals surface area contributed by atoms with Gasteiger partial charge in [0.2, 0.25) is 5.91 Å². The first-order valence-electron chi connectivity index (χ1n) is 8.22. The molecule has 1 amide bonds. The predicted octanol–water partition coefficient (Wildman–Crippen LogP) is 3.89. The molecule has 0 radical (unpaired) electrons. The minimum absolute atomic E-state index is 0.158. The summed E-state index contributed by atoms with van der Waals surface area (Å²) in [4.78, 5) is 12.6. The number of aromatic nitrogens is 3. The highest BCUT2D eigenvalue weighted by molar-refractivity contribution is 7.71. The van der Waals surface area contributed by atoms with E-state index in [2.05, 4.69) is 15.5 Å². The maximum absolute atomic E-state index is 12.9. The van der Waals surface area contributed by atoms with E-state index in [1.165, 1.54) is 12.1 Å². The first-order chi connectivity index (χ1) is 12.1. The largest absolute Gasteiger partial charge is 0.416 e. The van der Waals surface area contributed by atoms with Crippen molar-refractivity contribution in [3.05, 3.63) is 46.0 Å². The van der Waals surface area contributed by atoms with E-state index in [9.17, 15) is 18.0 Å². The van der Waals surface area contributed by atoms with Crippen molar-refractivity contribution in [3.8, 4) is 0 Å². The second kappa shape index (κ2) is 6.53. The second-order valence-corrected chi connectivity index (χ2v) is 7.32. The topological polar surface area (TPSA) is 62.7 Å². The van der Waals surface area contributed by atoms with Gasteiger partial charge in [0.1, 0.15) is 0 Å². The number of hydrogen-bond donors (Lipinski definition) is 2. The molecule has 3 rings (SSSR count). The molecule has 140 valence electrons. The summed E-state index contributed by atoms with van der Waals surface area (Å²) in [5, 5.41) is 9.61. The quantitative estimate of drug-likeness (QED) is 0.769. The molecule has 1 aliphatic carbocycles. The van der Waals surface area contributed by atoms with Gasteiger partial charge in [0.25, 0.3) is 0 Å². The molecule has 9 heteroatoms. The van der Waals surface area contributed by atoms with E-state index in [0.29, 0.717) is 22.2 Å². The molecule has 5 nitrogen and oxygen atoms in total. The van der Waals surface area contributed by atoms with Gasteiger partial charge in [0.15, 0.2) is 10.6 Å². The van der Waals surface area contributed by atoms with Crippen LogP contribution in [0.25, 0.3) is 0 Å². The summed E-state index contributed by atoms with van der Waals surface area (Å²) in [6, 6.07) is 5.15. The molecule has 1 saturated carbocycles. The lowest BCUT2D eigenvalue weighted by atomic mass is 9.83. The normalized spacial score (nSPS) is 15.1. The van der Waals surface area contributed by atoms with Crippen LogP contribution in [-0.2, 0) is 22.9 Å². The number of nitrogens with zero attached hydrogens (tertiary/aromatic N) is 2. The van der Waals surface area contributed by atoms with Crippen LogP contribution in [0.1, 0.15) is 49.7 Å². The fourth-order valence-corrected chi connectivity index (χ4v) is 3.07. The van der Waals surface area contributed by atoms with Crippen LogP contribution in [0.3, 0.4) is 0 Å². The first kappa shape index (κ1) is 18.6. The third kappa shape index (κ3) is 3.67. The Balaban J connectivity index is 1.76.